The summed E-state index contributed by atoms with van der Waals surface area (Å²) in [4.78, 5) is 31.1. The molecule has 8 nitrogen and oxygen atoms in total. The fraction of sp³-hybridized carbons (Fsp3) is 0.250. The Balaban J connectivity index is 1.56. The normalized spacial score (nSPS) is 14.4. The van der Waals surface area contributed by atoms with Gasteiger partial charge in [0.2, 0.25) is 5.91 Å². The number of benzene rings is 1. The van der Waals surface area contributed by atoms with Crippen molar-refractivity contribution in [2.24, 2.45) is 0 Å². The first-order valence-electron chi connectivity index (χ1n) is 10.7. The highest BCUT2D eigenvalue weighted by molar-refractivity contribution is 7.15. The van der Waals surface area contributed by atoms with Crippen LogP contribution in [0.4, 0.5) is 22.5 Å². The number of hydrogen-bond acceptors (Lipinski definition) is 8. The Kier molecular flexibility index (Phi) is 7.11. The number of likely N-dealkylation sites (N-methyl/N-ethyl adjacent to an activating group) is 1. The van der Waals surface area contributed by atoms with Crippen LogP contribution in [0, 0.1) is 6.92 Å². The van der Waals surface area contributed by atoms with Crippen LogP contribution in [0.25, 0.3) is 12.2 Å². The number of nitrogens with zero attached hydrogens (tertiary/aromatic N) is 5. The molecular formula is C24H27N7OS. The van der Waals surface area contributed by atoms with E-state index in [2.05, 4.69) is 44.0 Å². The van der Waals surface area contributed by atoms with Gasteiger partial charge in [-0.05, 0) is 43.8 Å². The van der Waals surface area contributed by atoms with Crippen LogP contribution in [0.15, 0.2) is 49.2 Å². The van der Waals surface area contributed by atoms with Gasteiger partial charge in [0.1, 0.15) is 11.6 Å². The van der Waals surface area contributed by atoms with Crippen LogP contribution in [0.1, 0.15) is 16.3 Å². The second-order valence-corrected chi connectivity index (χ2v) is 9.04. The summed E-state index contributed by atoms with van der Waals surface area (Å²) in [7, 11) is 2.14. The number of thiazole rings is 1. The molecule has 0 saturated carbocycles. The van der Waals surface area contributed by atoms with Gasteiger partial charge in [-0.1, -0.05) is 24.8 Å². The standard InChI is InChI=1S/C24H27N7OS/c1-4-23(32)26-19-8-5-18(6-9-19)7-10-20-27-21(29-24-25-16-17(2)33-24)15-22(28-20)31-13-11-30(3)12-14-31/h4-10,15-16H,1,11-14H2,2-3H3,(H,26,32)(H,25,27,28,29)/b10-7+. The SMILES string of the molecule is C=CC(=O)Nc1ccc(/C=C/c2nc(Nc3ncc(C)s3)cc(N3CCN(C)CC3)n2)cc1. The van der Waals surface area contributed by atoms with Gasteiger partial charge in [-0.25, -0.2) is 15.0 Å². The summed E-state index contributed by atoms with van der Waals surface area (Å²) in [5, 5.41) is 6.87. The molecule has 0 aliphatic carbocycles. The van der Waals surface area contributed by atoms with Crippen molar-refractivity contribution in [2.45, 2.75) is 6.92 Å². The number of piperazine rings is 1. The minimum Gasteiger partial charge on any atom is -0.354 e. The fourth-order valence-electron chi connectivity index (χ4n) is 3.35. The summed E-state index contributed by atoms with van der Waals surface area (Å²) < 4.78 is 0. The first-order valence-corrected chi connectivity index (χ1v) is 11.5. The number of carbonyl (C=O) groups is 1. The van der Waals surface area contributed by atoms with Gasteiger partial charge < -0.3 is 20.4 Å². The van der Waals surface area contributed by atoms with Crippen molar-refractivity contribution >= 4 is 51.9 Å². The molecule has 1 fully saturated rings. The van der Waals surface area contributed by atoms with Gasteiger partial charge in [0.25, 0.3) is 0 Å². The van der Waals surface area contributed by atoms with Crippen LogP contribution >= 0.6 is 11.3 Å². The number of aryl methyl sites for hydroxylation is 1. The lowest BCUT2D eigenvalue weighted by Gasteiger charge is -2.33. The van der Waals surface area contributed by atoms with E-state index in [-0.39, 0.29) is 5.91 Å². The lowest BCUT2D eigenvalue weighted by molar-refractivity contribution is -0.111. The molecule has 1 amide bonds. The van der Waals surface area contributed by atoms with Crippen LogP contribution in [0.3, 0.4) is 0 Å². The Bertz CT molecular complexity index is 1150. The zero-order chi connectivity index (χ0) is 23.2. The van der Waals surface area contributed by atoms with E-state index < -0.39 is 0 Å². The lowest BCUT2D eigenvalue weighted by atomic mass is 10.2. The Morgan fingerprint density at radius 2 is 1.88 bits per heavy atom. The predicted octanol–water partition coefficient (Wildman–Crippen LogP) is 4.03. The smallest absolute Gasteiger partial charge is 0.247 e. The quantitative estimate of drug-likeness (QED) is 0.514. The van der Waals surface area contributed by atoms with E-state index in [0.717, 1.165) is 59.1 Å². The van der Waals surface area contributed by atoms with E-state index in [1.807, 2.05) is 55.6 Å². The number of carbonyl (C=O) groups excluding carboxylic acids is 1. The highest BCUT2D eigenvalue weighted by Crippen LogP contribution is 2.24. The number of nitrogens with one attached hydrogen (secondary N) is 2. The highest BCUT2D eigenvalue weighted by atomic mass is 32.1. The summed E-state index contributed by atoms with van der Waals surface area (Å²) in [6, 6.07) is 9.53. The van der Waals surface area contributed by atoms with Crippen LogP contribution in [-0.4, -0.2) is 59.0 Å². The van der Waals surface area contributed by atoms with E-state index in [4.69, 9.17) is 4.98 Å². The molecular weight excluding hydrogens is 434 g/mol. The average Bonchev–Trinajstić information content (AvgIpc) is 3.23. The largest absolute Gasteiger partial charge is 0.354 e. The van der Waals surface area contributed by atoms with Crippen molar-refractivity contribution in [2.75, 3.05) is 48.8 Å². The second kappa shape index (κ2) is 10.4. The maximum atomic E-state index is 11.4. The third-order valence-electron chi connectivity index (χ3n) is 5.20. The molecule has 1 aliphatic rings. The van der Waals surface area contributed by atoms with Crippen LogP contribution in [0.5, 0.6) is 0 Å². The number of hydrogen-bond donors (Lipinski definition) is 2. The molecule has 1 aliphatic heterocycles. The molecule has 3 heterocycles. The van der Waals surface area contributed by atoms with Crippen molar-refractivity contribution < 1.29 is 4.79 Å². The molecule has 0 bridgehead atoms. The van der Waals surface area contributed by atoms with Crippen molar-refractivity contribution in [1.82, 2.24) is 19.9 Å². The number of rotatable bonds is 7. The summed E-state index contributed by atoms with van der Waals surface area (Å²) in [5.41, 5.74) is 1.70. The first-order chi connectivity index (χ1) is 16.0. The molecule has 0 unspecified atom stereocenters. The molecule has 3 aromatic rings. The molecule has 2 aromatic heterocycles. The molecule has 2 N–H and O–H groups in total. The van der Waals surface area contributed by atoms with Gasteiger partial charge in [0.15, 0.2) is 11.0 Å². The molecule has 33 heavy (non-hydrogen) atoms. The van der Waals surface area contributed by atoms with E-state index in [9.17, 15) is 4.79 Å². The molecule has 170 valence electrons. The molecule has 0 spiro atoms. The minimum absolute atomic E-state index is 0.233. The fourth-order valence-corrected chi connectivity index (χ4v) is 4.02. The van der Waals surface area contributed by atoms with Gasteiger partial charge in [-0.15, -0.1) is 11.3 Å². The topological polar surface area (TPSA) is 86.3 Å². The minimum atomic E-state index is -0.233. The highest BCUT2D eigenvalue weighted by Gasteiger charge is 2.17. The molecule has 0 atom stereocenters. The first kappa shape index (κ1) is 22.6. The monoisotopic (exact) mass is 461 g/mol. The second-order valence-electron chi connectivity index (χ2n) is 7.81. The van der Waals surface area contributed by atoms with Gasteiger partial charge in [-0.2, -0.15) is 0 Å². The van der Waals surface area contributed by atoms with E-state index in [0.29, 0.717) is 5.82 Å². The maximum absolute atomic E-state index is 11.4. The van der Waals surface area contributed by atoms with Crippen molar-refractivity contribution in [3.05, 3.63) is 65.4 Å². The Morgan fingerprint density at radius 3 is 2.55 bits per heavy atom. The summed E-state index contributed by atoms with van der Waals surface area (Å²) in [6.45, 7) is 9.33. The Morgan fingerprint density at radius 1 is 1.12 bits per heavy atom. The summed E-state index contributed by atoms with van der Waals surface area (Å²) >= 11 is 1.59. The van der Waals surface area contributed by atoms with E-state index in [1.54, 1.807) is 11.3 Å². The molecule has 1 saturated heterocycles. The van der Waals surface area contributed by atoms with Crippen LogP contribution < -0.4 is 15.5 Å². The lowest BCUT2D eigenvalue weighted by Crippen LogP contribution is -2.44. The maximum Gasteiger partial charge on any atom is 0.247 e. The Labute approximate surface area is 197 Å². The van der Waals surface area contributed by atoms with E-state index in [1.165, 1.54) is 6.08 Å². The van der Waals surface area contributed by atoms with Crippen LogP contribution in [-0.2, 0) is 4.79 Å². The van der Waals surface area contributed by atoms with Gasteiger partial charge in [-0.3, -0.25) is 4.79 Å². The zero-order valence-corrected chi connectivity index (χ0v) is 19.6. The number of amides is 1. The molecule has 1 aromatic carbocycles. The molecule has 4 rings (SSSR count). The van der Waals surface area contributed by atoms with Crippen LogP contribution in [0.2, 0.25) is 0 Å². The van der Waals surface area contributed by atoms with Gasteiger partial charge >= 0.3 is 0 Å². The van der Waals surface area contributed by atoms with Gasteiger partial charge in [0.05, 0.1) is 0 Å². The van der Waals surface area contributed by atoms with Crippen molar-refractivity contribution in [3.63, 3.8) is 0 Å². The summed E-state index contributed by atoms with van der Waals surface area (Å²) in [6.07, 6.45) is 6.95. The number of anilines is 4. The molecule has 9 heteroatoms. The average molecular weight is 462 g/mol. The molecule has 0 radical (unpaired) electrons. The number of aromatic nitrogens is 3. The third-order valence-corrected chi connectivity index (χ3v) is 6.03. The van der Waals surface area contributed by atoms with Gasteiger partial charge in [0, 0.05) is 49.0 Å². The third kappa shape index (κ3) is 6.24. The van der Waals surface area contributed by atoms with Crippen molar-refractivity contribution in [1.29, 1.82) is 0 Å². The Hall–Kier alpha value is -3.56. The summed E-state index contributed by atoms with van der Waals surface area (Å²) in [5.74, 6) is 2.00. The predicted molar refractivity (Wildman–Crippen MR) is 136 cm³/mol. The van der Waals surface area contributed by atoms with Crippen molar-refractivity contribution in [3.8, 4) is 0 Å². The van der Waals surface area contributed by atoms with E-state index >= 15 is 0 Å². The zero-order valence-electron chi connectivity index (χ0n) is 18.8.